The van der Waals surface area contributed by atoms with E-state index in [1.165, 1.54) is 25.7 Å². The van der Waals surface area contributed by atoms with Gasteiger partial charge < -0.3 is 9.84 Å². The quantitative estimate of drug-likeness (QED) is 0.668. The molecule has 1 aliphatic heterocycles. The zero-order valence-electron chi connectivity index (χ0n) is 8.46. The van der Waals surface area contributed by atoms with E-state index >= 15 is 0 Å². The normalized spacial score (nSPS) is 41.5. The summed E-state index contributed by atoms with van der Waals surface area (Å²) in [6.07, 6.45) is 8.39. The van der Waals surface area contributed by atoms with Crippen molar-refractivity contribution in [3.63, 3.8) is 0 Å². The minimum Gasteiger partial charge on any atom is -0.390 e. The number of aliphatic hydroxyl groups excluding tert-OH is 1. The molecule has 1 heterocycles. The van der Waals surface area contributed by atoms with Gasteiger partial charge in [-0.25, -0.2) is 0 Å². The van der Waals surface area contributed by atoms with Crippen LogP contribution in [-0.2, 0) is 4.74 Å². The van der Waals surface area contributed by atoms with Crippen molar-refractivity contribution in [2.45, 2.75) is 69.7 Å². The number of fused-ring (bicyclic) bond motifs is 1. The molecule has 13 heavy (non-hydrogen) atoms. The molecule has 0 unspecified atom stereocenters. The standard InChI is InChI=1S/C11H20O2/c1-2-9(12)11-8-6-4-3-5-7-10(11)13-11/h9-10,12H,2-8H2,1H3/t9-,10+,11+/m1/s1. The molecule has 0 aromatic rings. The molecule has 1 aliphatic carbocycles. The van der Waals surface area contributed by atoms with Gasteiger partial charge in [0.1, 0.15) is 5.60 Å². The van der Waals surface area contributed by atoms with Crippen LogP contribution in [0.25, 0.3) is 0 Å². The van der Waals surface area contributed by atoms with Gasteiger partial charge in [-0.15, -0.1) is 0 Å². The Morgan fingerprint density at radius 1 is 1.38 bits per heavy atom. The van der Waals surface area contributed by atoms with Gasteiger partial charge in [0, 0.05) is 0 Å². The van der Waals surface area contributed by atoms with Crippen molar-refractivity contribution in [2.24, 2.45) is 0 Å². The van der Waals surface area contributed by atoms with Gasteiger partial charge >= 0.3 is 0 Å². The first-order chi connectivity index (χ1) is 6.29. The summed E-state index contributed by atoms with van der Waals surface area (Å²) in [5, 5.41) is 9.88. The molecule has 2 aliphatic rings. The molecule has 3 atom stereocenters. The highest BCUT2D eigenvalue weighted by Gasteiger charge is 2.59. The van der Waals surface area contributed by atoms with E-state index in [0.29, 0.717) is 6.10 Å². The van der Waals surface area contributed by atoms with Crippen LogP contribution in [0.3, 0.4) is 0 Å². The lowest BCUT2D eigenvalue weighted by Gasteiger charge is -2.20. The Balaban J connectivity index is 1.98. The molecule has 1 N–H and O–H groups in total. The fraction of sp³-hybridized carbons (Fsp3) is 1.00. The average molecular weight is 184 g/mol. The van der Waals surface area contributed by atoms with Crippen LogP contribution in [0.5, 0.6) is 0 Å². The molecule has 1 saturated carbocycles. The Morgan fingerprint density at radius 3 is 2.92 bits per heavy atom. The van der Waals surface area contributed by atoms with Gasteiger partial charge in [0.15, 0.2) is 0 Å². The second-order valence-electron chi connectivity index (χ2n) is 4.44. The van der Waals surface area contributed by atoms with Gasteiger partial charge in [-0.2, -0.15) is 0 Å². The summed E-state index contributed by atoms with van der Waals surface area (Å²) in [5.41, 5.74) is -0.116. The Morgan fingerprint density at radius 2 is 2.15 bits per heavy atom. The first kappa shape index (κ1) is 9.47. The van der Waals surface area contributed by atoms with Gasteiger partial charge in [-0.3, -0.25) is 0 Å². The van der Waals surface area contributed by atoms with E-state index in [1.807, 2.05) is 6.92 Å². The highest BCUT2D eigenvalue weighted by molar-refractivity contribution is 5.07. The van der Waals surface area contributed by atoms with Crippen LogP contribution in [0.4, 0.5) is 0 Å². The van der Waals surface area contributed by atoms with Crippen molar-refractivity contribution >= 4 is 0 Å². The molecule has 76 valence electrons. The number of hydrogen-bond acceptors (Lipinski definition) is 2. The van der Waals surface area contributed by atoms with Crippen molar-refractivity contribution in [3.8, 4) is 0 Å². The largest absolute Gasteiger partial charge is 0.390 e. The summed E-state index contributed by atoms with van der Waals surface area (Å²) in [6.45, 7) is 2.04. The monoisotopic (exact) mass is 184 g/mol. The van der Waals surface area contributed by atoms with Crippen LogP contribution in [-0.4, -0.2) is 22.9 Å². The lowest BCUT2D eigenvalue weighted by atomic mass is 9.86. The third kappa shape index (κ3) is 1.62. The topological polar surface area (TPSA) is 32.8 Å². The molecule has 0 aromatic carbocycles. The molecular formula is C11H20O2. The zero-order chi connectivity index (χ0) is 9.31. The second kappa shape index (κ2) is 3.58. The number of ether oxygens (including phenoxy) is 1. The fourth-order valence-corrected chi connectivity index (χ4v) is 2.64. The van der Waals surface area contributed by atoms with E-state index in [0.717, 1.165) is 19.3 Å². The van der Waals surface area contributed by atoms with Gasteiger partial charge in [-0.1, -0.05) is 32.6 Å². The zero-order valence-corrected chi connectivity index (χ0v) is 8.46. The van der Waals surface area contributed by atoms with E-state index in [1.54, 1.807) is 0 Å². The number of aliphatic hydroxyl groups is 1. The molecule has 0 radical (unpaired) electrons. The molecule has 0 amide bonds. The molecule has 2 fully saturated rings. The molecule has 2 nitrogen and oxygen atoms in total. The summed E-state index contributed by atoms with van der Waals surface area (Å²) in [5.74, 6) is 0. The van der Waals surface area contributed by atoms with E-state index in [-0.39, 0.29) is 11.7 Å². The van der Waals surface area contributed by atoms with Crippen molar-refractivity contribution in [3.05, 3.63) is 0 Å². The Labute approximate surface area is 80.3 Å². The van der Waals surface area contributed by atoms with Crippen LogP contribution >= 0.6 is 0 Å². The summed E-state index contributed by atoms with van der Waals surface area (Å²) >= 11 is 0. The van der Waals surface area contributed by atoms with Crippen LogP contribution < -0.4 is 0 Å². The highest BCUT2D eigenvalue weighted by Crippen LogP contribution is 2.48. The lowest BCUT2D eigenvalue weighted by molar-refractivity contribution is 0.0647. The summed E-state index contributed by atoms with van der Waals surface area (Å²) in [6, 6.07) is 0. The third-order valence-corrected chi connectivity index (χ3v) is 3.58. The Kier molecular flexibility index (Phi) is 2.61. The fourth-order valence-electron chi connectivity index (χ4n) is 2.64. The van der Waals surface area contributed by atoms with Crippen molar-refractivity contribution in [1.29, 1.82) is 0 Å². The van der Waals surface area contributed by atoms with Crippen molar-refractivity contribution < 1.29 is 9.84 Å². The van der Waals surface area contributed by atoms with Gasteiger partial charge in [-0.05, 0) is 19.3 Å². The van der Waals surface area contributed by atoms with E-state index in [9.17, 15) is 5.11 Å². The molecule has 0 bridgehead atoms. The van der Waals surface area contributed by atoms with Gasteiger partial charge in [0.05, 0.1) is 12.2 Å². The van der Waals surface area contributed by atoms with Gasteiger partial charge in [0.25, 0.3) is 0 Å². The van der Waals surface area contributed by atoms with Gasteiger partial charge in [0.2, 0.25) is 0 Å². The van der Waals surface area contributed by atoms with Crippen LogP contribution in [0.15, 0.2) is 0 Å². The Hall–Kier alpha value is -0.0800. The summed E-state index contributed by atoms with van der Waals surface area (Å²) in [4.78, 5) is 0. The average Bonchev–Trinajstić information content (AvgIpc) is 2.78. The highest BCUT2D eigenvalue weighted by atomic mass is 16.6. The summed E-state index contributed by atoms with van der Waals surface area (Å²) in [7, 11) is 0. The maximum Gasteiger partial charge on any atom is 0.120 e. The maximum atomic E-state index is 9.88. The van der Waals surface area contributed by atoms with Crippen molar-refractivity contribution in [1.82, 2.24) is 0 Å². The SMILES string of the molecule is CC[C@@H](O)[C@@]12CCCCCC[C@@H]1O2. The number of rotatable bonds is 2. The van der Waals surface area contributed by atoms with E-state index in [2.05, 4.69) is 0 Å². The molecule has 1 saturated heterocycles. The second-order valence-corrected chi connectivity index (χ2v) is 4.44. The maximum absolute atomic E-state index is 9.88. The Bertz CT molecular complexity index is 181. The minimum absolute atomic E-state index is 0.116. The smallest absolute Gasteiger partial charge is 0.120 e. The number of hydrogen-bond donors (Lipinski definition) is 1. The lowest BCUT2D eigenvalue weighted by Crippen LogP contribution is -2.32. The molecule has 2 rings (SSSR count). The first-order valence-corrected chi connectivity index (χ1v) is 5.65. The van der Waals surface area contributed by atoms with E-state index < -0.39 is 0 Å². The van der Waals surface area contributed by atoms with E-state index in [4.69, 9.17) is 4.74 Å². The van der Waals surface area contributed by atoms with Crippen molar-refractivity contribution in [2.75, 3.05) is 0 Å². The predicted molar refractivity (Wildman–Crippen MR) is 51.6 cm³/mol. The molecule has 0 spiro atoms. The van der Waals surface area contributed by atoms with Crippen LogP contribution in [0, 0.1) is 0 Å². The predicted octanol–water partition coefficient (Wildman–Crippen LogP) is 2.25. The molecule has 0 aromatic heterocycles. The minimum atomic E-state index is -0.226. The number of epoxide rings is 1. The van der Waals surface area contributed by atoms with Crippen LogP contribution in [0.1, 0.15) is 51.9 Å². The van der Waals surface area contributed by atoms with Crippen LogP contribution in [0.2, 0.25) is 0 Å². The first-order valence-electron chi connectivity index (χ1n) is 5.65. The summed E-state index contributed by atoms with van der Waals surface area (Å²) < 4.78 is 5.73. The third-order valence-electron chi connectivity index (χ3n) is 3.58. The molecule has 2 heteroatoms. The molecular weight excluding hydrogens is 164 g/mol.